The van der Waals surface area contributed by atoms with Gasteiger partial charge in [-0.15, -0.1) is 0 Å². The van der Waals surface area contributed by atoms with E-state index in [2.05, 4.69) is 26.2 Å². The highest BCUT2D eigenvalue weighted by Crippen LogP contribution is 2.31. The Morgan fingerprint density at radius 2 is 2.11 bits per heavy atom. The van der Waals surface area contributed by atoms with E-state index in [0.717, 1.165) is 21.4 Å². The number of ether oxygens (including phenoxy) is 1. The second kappa shape index (κ2) is 5.84. The van der Waals surface area contributed by atoms with Crippen LogP contribution in [0.1, 0.15) is 5.56 Å². The number of hydrogen-bond donors (Lipinski definition) is 2. The Balaban J connectivity index is 2.34. The molecule has 0 aliphatic rings. The number of aromatic nitrogens is 1. The zero-order chi connectivity index (χ0) is 13.0. The van der Waals surface area contributed by atoms with E-state index >= 15 is 0 Å². The first-order valence-electron chi connectivity index (χ1n) is 5.45. The van der Waals surface area contributed by atoms with Crippen LogP contribution in [-0.2, 0) is 11.3 Å². The van der Waals surface area contributed by atoms with Crippen molar-refractivity contribution in [2.75, 3.05) is 18.2 Å². The Kier molecular flexibility index (Phi) is 4.17. The van der Waals surface area contributed by atoms with Gasteiger partial charge in [0, 0.05) is 24.6 Å². The van der Waals surface area contributed by atoms with E-state index < -0.39 is 0 Å². The summed E-state index contributed by atoms with van der Waals surface area (Å²) >= 11 is 3.43. The van der Waals surface area contributed by atoms with Crippen LogP contribution in [-0.4, -0.2) is 12.1 Å². The normalized spacial score (nSPS) is 10.3. The molecule has 0 aliphatic carbocycles. The van der Waals surface area contributed by atoms with Gasteiger partial charge in [-0.05, 0) is 22.0 Å². The first-order valence-corrected chi connectivity index (χ1v) is 6.24. The summed E-state index contributed by atoms with van der Waals surface area (Å²) in [5.41, 5.74) is 9.36. The molecule has 2 rings (SSSR count). The van der Waals surface area contributed by atoms with Crippen LogP contribution >= 0.6 is 15.9 Å². The molecule has 0 amide bonds. The van der Waals surface area contributed by atoms with Gasteiger partial charge in [-0.25, -0.2) is 0 Å². The molecule has 1 aromatic carbocycles. The van der Waals surface area contributed by atoms with Gasteiger partial charge in [0.05, 0.1) is 28.7 Å². The fraction of sp³-hybridized carbons (Fsp3) is 0.154. The second-order valence-electron chi connectivity index (χ2n) is 3.80. The number of nitrogen functional groups attached to an aromatic ring is 1. The Labute approximate surface area is 114 Å². The van der Waals surface area contributed by atoms with Crippen LogP contribution in [0.3, 0.4) is 0 Å². The summed E-state index contributed by atoms with van der Waals surface area (Å²) in [6.07, 6.45) is 3.32. The monoisotopic (exact) mass is 307 g/mol. The SMILES string of the molecule is COCc1ccccc1Nc1c(N)cncc1Br. The van der Waals surface area contributed by atoms with Crippen molar-refractivity contribution >= 4 is 33.0 Å². The number of benzene rings is 1. The minimum Gasteiger partial charge on any atom is -0.396 e. The molecule has 2 aromatic rings. The molecule has 0 aliphatic heterocycles. The number of nitrogens with one attached hydrogen (secondary N) is 1. The summed E-state index contributed by atoms with van der Waals surface area (Å²) in [6.45, 7) is 0.547. The summed E-state index contributed by atoms with van der Waals surface area (Å²) < 4.78 is 6.00. The molecule has 3 N–H and O–H groups in total. The topological polar surface area (TPSA) is 60.2 Å². The third-order valence-corrected chi connectivity index (χ3v) is 3.11. The van der Waals surface area contributed by atoms with Crippen molar-refractivity contribution in [3.8, 4) is 0 Å². The van der Waals surface area contributed by atoms with E-state index in [9.17, 15) is 0 Å². The predicted molar refractivity (Wildman–Crippen MR) is 76.8 cm³/mol. The van der Waals surface area contributed by atoms with Crippen molar-refractivity contribution in [3.05, 3.63) is 46.7 Å². The largest absolute Gasteiger partial charge is 0.396 e. The zero-order valence-electron chi connectivity index (χ0n) is 9.98. The third kappa shape index (κ3) is 2.80. The van der Waals surface area contributed by atoms with Gasteiger partial charge in [0.1, 0.15) is 0 Å². The molecular formula is C13H14BrN3O. The van der Waals surface area contributed by atoms with E-state index in [0.29, 0.717) is 12.3 Å². The van der Waals surface area contributed by atoms with Crippen molar-refractivity contribution in [3.63, 3.8) is 0 Å². The third-order valence-electron chi connectivity index (χ3n) is 2.51. The molecule has 18 heavy (non-hydrogen) atoms. The lowest BCUT2D eigenvalue weighted by atomic mass is 10.2. The Bertz CT molecular complexity index is 525. The van der Waals surface area contributed by atoms with Crippen molar-refractivity contribution < 1.29 is 4.74 Å². The van der Waals surface area contributed by atoms with Gasteiger partial charge >= 0.3 is 0 Å². The minimum atomic E-state index is 0.547. The molecule has 1 heterocycles. The number of nitrogens with two attached hydrogens (primary N) is 1. The van der Waals surface area contributed by atoms with Crippen LogP contribution in [0.15, 0.2) is 41.1 Å². The fourth-order valence-corrected chi connectivity index (χ4v) is 2.09. The maximum Gasteiger partial charge on any atom is 0.0794 e. The lowest BCUT2D eigenvalue weighted by Crippen LogP contribution is -2.01. The quantitative estimate of drug-likeness (QED) is 0.909. The molecule has 94 valence electrons. The maximum absolute atomic E-state index is 5.91. The van der Waals surface area contributed by atoms with Crippen molar-refractivity contribution in [1.29, 1.82) is 0 Å². The smallest absolute Gasteiger partial charge is 0.0794 e. The minimum absolute atomic E-state index is 0.547. The molecule has 1 aromatic heterocycles. The predicted octanol–water partition coefficient (Wildman–Crippen LogP) is 3.32. The van der Waals surface area contributed by atoms with Gasteiger partial charge < -0.3 is 15.8 Å². The number of para-hydroxylation sites is 1. The van der Waals surface area contributed by atoms with E-state index in [1.165, 1.54) is 0 Å². The van der Waals surface area contributed by atoms with Gasteiger partial charge in [-0.1, -0.05) is 18.2 Å². The molecule has 0 bridgehead atoms. The number of hydrogen-bond acceptors (Lipinski definition) is 4. The second-order valence-corrected chi connectivity index (χ2v) is 4.66. The van der Waals surface area contributed by atoms with E-state index in [4.69, 9.17) is 10.5 Å². The summed E-state index contributed by atoms with van der Waals surface area (Å²) in [6, 6.07) is 7.94. The maximum atomic E-state index is 5.91. The molecule has 0 radical (unpaired) electrons. The highest BCUT2D eigenvalue weighted by atomic mass is 79.9. The molecule has 4 nitrogen and oxygen atoms in total. The molecule has 0 atom stereocenters. The first kappa shape index (κ1) is 12.9. The van der Waals surface area contributed by atoms with Crippen molar-refractivity contribution in [2.45, 2.75) is 6.61 Å². The van der Waals surface area contributed by atoms with Crippen LogP contribution < -0.4 is 11.1 Å². The number of anilines is 3. The van der Waals surface area contributed by atoms with Gasteiger partial charge in [-0.3, -0.25) is 4.98 Å². The van der Waals surface area contributed by atoms with E-state index in [-0.39, 0.29) is 0 Å². The Hall–Kier alpha value is -1.59. The zero-order valence-corrected chi connectivity index (χ0v) is 11.6. The fourth-order valence-electron chi connectivity index (χ4n) is 1.64. The van der Waals surface area contributed by atoms with Gasteiger partial charge in [-0.2, -0.15) is 0 Å². The molecule has 5 heteroatoms. The Morgan fingerprint density at radius 3 is 2.83 bits per heavy atom. The van der Waals surface area contributed by atoms with E-state index in [1.807, 2.05) is 24.3 Å². The molecule has 0 saturated heterocycles. The lowest BCUT2D eigenvalue weighted by molar-refractivity contribution is 0.185. The number of methoxy groups -OCH3 is 1. The molecule has 0 fully saturated rings. The van der Waals surface area contributed by atoms with Crippen LogP contribution in [0.5, 0.6) is 0 Å². The summed E-state index contributed by atoms with van der Waals surface area (Å²) in [7, 11) is 1.67. The standard InChI is InChI=1S/C13H14BrN3O/c1-18-8-9-4-2-3-5-12(9)17-13-10(14)6-16-7-11(13)15/h2-7H,8,15H2,1H3,(H,16,17). The first-order chi connectivity index (χ1) is 8.72. The summed E-state index contributed by atoms with van der Waals surface area (Å²) in [4.78, 5) is 4.01. The average Bonchev–Trinajstić information content (AvgIpc) is 2.36. The van der Waals surface area contributed by atoms with Crippen LogP contribution in [0, 0.1) is 0 Å². The molecule has 0 unspecified atom stereocenters. The Morgan fingerprint density at radius 1 is 1.33 bits per heavy atom. The number of pyridine rings is 1. The number of halogens is 1. The number of rotatable bonds is 4. The van der Waals surface area contributed by atoms with Crippen LogP contribution in [0.2, 0.25) is 0 Å². The van der Waals surface area contributed by atoms with Gasteiger partial charge in [0.25, 0.3) is 0 Å². The van der Waals surface area contributed by atoms with E-state index in [1.54, 1.807) is 19.5 Å². The van der Waals surface area contributed by atoms with Crippen molar-refractivity contribution in [2.24, 2.45) is 0 Å². The van der Waals surface area contributed by atoms with Crippen LogP contribution in [0.25, 0.3) is 0 Å². The summed E-state index contributed by atoms with van der Waals surface area (Å²) in [5.74, 6) is 0. The highest BCUT2D eigenvalue weighted by molar-refractivity contribution is 9.10. The molecule has 0 saturated carbocycles. The molecular weight excluding hydrogens is 294 g/mol. The summed E-state index contributed by atoms with van der Waals surface area (Å²) in [5, 5.41) is 3.30. The van der Waals surface area contributed by atoms with Crippen LogP contribution in [0.4, 0.5) is 17.1 Å². The average molecular weight is 308 g/mol. The highest BCUT2D eigenvalue weighted by Gasteiger charge is 2.07. The molecule has 0 spiro atoms. The lowest BCUT2D eigenvalue weighted by Gasteiger charge is -2.14. The van der Waals surface area contributed by atoms with Crippen molar-refractivity contribution in [1.82, 2.24) is 4.98 Å². The number of nitrogens with zero attached hydrogens (tertiary/aromatic N) is 1. The van der Waals surface area contributed by atoms with Gasteiger partial charge in [0.2, 0.25) is 0 Å². The van der Waals surface area contributed by atoms with Gasteiger partial charge in [0.15, 0.2) is 0 Å².